The Labute approximate surface area is 106 Å². The molecule has 19 heavy (non-hydrogen) atoms. The first-order valence-corrected chi connectivity index (χ1v) is 5.10. The van der Waals surface area contributed by atoms with Gasteiger partial charge < -0.3 is 40.9 Å². The van der Waals surface area contributed by atoms with Crippen LogP contribution in [0.15, 0.2) is 0 Å². The largest absolute Gasteiger partial charge is 0.479 e. The van der Waals surface area contributed by atoms with Crippen LogP contribution in [0.3, 0.4) is 0 Å². The van der Waals surface area contributed by atoms with E-state index < -0.39 is 55.0 Å². The lowest BCUT2D eigenvalue weighted by atomic mass is 9.95. The van der Waals surface area contributed by atoms with Crippen LogP contribution in [-0.4, -0.2) is 95.8 Å². The van der Waals surface area contributed by atoms with Gasteiger partial charge in [-0.25, -0.2) is 4.79 Å². The molecule has 0 saturated carbocycles. The Kier molecular flexibility index (Phi) is 7.00. The fourth-order valence-corrected chi connectivity index (χ4v) is 1.18. The molecule has 0 aliphatic heterocycles. The molecular formula is C9H16O10. The number of hydrogen-bond donors (Lipinski definition) is 8. The average Bonchev–Trinajstić information content (AvgIpc) is 2.40. The normalized spacial score (nSPS) is 21.0. The predicted octanol–water partition coefficient (Wildman–Crippen LogP) is -5.20. The van der Waals surface area contributed by atoms with E-state index in [1.165, 1.54) is 0 Å². The van der Waals surface area contributed by atoms with Gasteiger partial charge in [0.2, 0.25) is 11.9 Å². The quantitative estimate of drug-likeness (QED) is 0.199. The fourth-order valence-electron chi connectivity index (χ4n) is 1.18. The van der Waals surface area contributed by atoms with E-state index in [4.69, 9.17) is 20.4 Å². The van der Waals surface area contributed by atoms with Crippen LogP contribution in [0.1, 0.15) is 0 Å². The number of carboxylic acid groups (broad SMARTS) is 1. The Bertz CT molecular complexity index is 318. The number of Topliss-reactive ketones (excluding diaryl/α,β-unsaturated/α-hetero) is 1. The Morgan fingerprint density at radius 2 is 1.32 bits per heavy atom. The third-order valence-electron chi connectivity index (χ3n) is 2.40. The van der Waals surface area contributed by atoms with Crippen molar-refractivity contribution in [3.05, 3.63) is 0 Å². The van der Waals surface area contributed by atoms with Gasteiger partial charge in [0.05, 0.1) is 6.61 Å². The summed E-state index contributed by atoms with van der Waals surface area (Å²) in [6, 6.07) is 0. The molecule has 10 heteroatoms. The molecule has 0 heterocycles. The Morgan fingerprint density at radius 3 is 1.68 bits per heavy atom. The summed E-state index contributed by atoms with van der Waals surface area (Å²) in [6.45, 7) is -0.966. The van der Waals surface area contributed by atoms with Crippen LogP contribution in [0, 0.1) is 0 Å². The summed E-state index contributed by atoms with van der Waals surface area (Å²) in [5.74, 6) is -3.67. The van der Waals surface area contributed by atoms with Crippen molar-refractivity contribution in [2.24, 2.45) is 0 Å². The second-order valence-electron chi connectivity index (χ2n) is 3.81. The second kappa shape index (κ2) is 7.45. The zero-order chi connectivity index (χ0) is 15.3. The van der Waals surface area contributed by atoms with Crippen molar-refractivity contribution in [2.45, 2.75) is 36.6 Å². The molecule has 0 radical (unpaired) electrons. The third kappa shape index (κ3) is 4.47. The van der Waals surface area contributed by atoms with E-state index in [2.05, 4.69) is 0 Å². The molecule has 8 N–H and O–H groups in total. The van der Waals surface area contributed by atoms with Crippen LogP contribution in [0.5, 0.6) is 0 Å². The molecule has 0 saturated heterocycles. The van der Waals surface area contributed by atoms with E-state index in [0.29, 0.717) is 0 Å². The molecule has 6 atom stereocenters. The summed E-state index contributed by atoms with van der Waals surface area (Å²) in [5, 5.41) is 71.7. The number of ketones is 1. The van der Waals surface area contributed by atoms with Crippen molar-refractivity contribution in [3.8, 4) is 0 Å². The van der Waals surface area contributed by atoms with Gasteiger partial charge in [0.1, 0.15) is 30.5 Å². The van der Waals surface area contributed by atoms with Gasteiger partial charge in [0.15, 0.2) is 0 Å². The SMILES string of the molecule is O=C(O)[C@H](O)C(=O)[C@@H](O)[C@@H](O)[C@H](O)[C@H](O)C(O)CO. The number of aliphatic hydroxyl groups excluding tert-OH is 7. The van der Waals surface area contributed by atoms with Crippen LogP contribution >= 0.6 is 0 Å². The van der Waals surface area contributed by atoms with Crippen molar-refractivity contribution >= 4 is 11.8 Å². The number of carbonyl (C=O) groups is 2. The molecule has 1 unspecified atom stereocenters. The first-order chi connectivity index (χ1) is 8.64. The highest BCUT2D eigenvalue weighted by Gasteiger charge is 2.40. The maximum atomic E-state index is 11.1. The number of hydrogen-bond acceptors (Lipinski definition) is 9. The number of aliphatic hydroxyl groups is 7. The fraction of sp³-hybridized carbons (Fsp3) is 0.778. The third-order valence-corrected chi connectivity index (χ3v) is 2.40. The summed E-state index contributed by atoms with van der Waals surface area (Å²) in [5.41, 5.74) is 0. The van der Waals surface area contributed by atoms with Gasteiger partial charge in [-0.15, -0.1) is 0 Å². The Balaban J connectivity index is 4.76. The zero-order valence-corrected chi connectivity index (χ0v) is 9.57. The summed E-state index contributed by atoms with van der Waals surface area (Å²) in [4.78, 5) is 21.4. The van der Waals surface area contributed by atoms with Gasteiger partial charge in [-0.1, -0.05) is 0 Å². The lowest BCUT2D eigenvalue weighted by Crippen LogP contribution is -2.54. The van der Waals surface area contributed by atoms with Gasteiger partial charge in [-0.05, 0) is 0 Å². The molecule has 0 aromatic rings. The topological polar surface area (TPSA) is 196 Å². The van der Waals surface area contributed by atoms with Crippen LogP contribution in [0.2, 0.25) is 0 Å². The molecule has 0 fully saturated rings. The highest BCUT2D eigenvalue weighted by atomic mass is 16.4. The van der Waals surface area contributed by atoms with Crippen LogP contribution in [-0.2, 0) is 9.59 Å². The van der Waals surface area contributed by atoms with E-state index in [-0.39, 0.29) is 0 Å². The number of carboxylic acids is 1. The van der Waals surface area contributed by atoms with Gasteiger partial charge in [0, 0.05) is 0 Å². The molecule has 0 amide bonds. The zero-order valence-electron chi connectivity index (χ0n) is 9.57. The monoisotopic (exact) mass is 284 g/mol. The molecule has 0 bridgehead atoms. The molecule has 10 nitrogen and oxygen atoms in total. The van der Waals surface area contributed by atoms with Crippen LogP contribution in [0.25, 0.3) is 0 Å². The van der Waals surface area contributed by atoms with Crippen molar-refractivity contribution in [1.29, 1.82) is 0 Å². The first kappa shape index (κ1) is 17.9. The highest BCUT2D eigenvalue weighted by molar-refractivity contribution is 6.03. The molecule has 0 spiro atoms. The molecule has 0 aromatic heterocycles. The number of carbonyl (C=O) groups excluding carboxylic acids is 1. The van der Waals surface area contributed by atoms with E-state index in [1.807, 2.05) is 0 Å². The van der Waals surface area contributed by atoms with Crippen LogP contribution in [0.4, 0.5) is 0 Å². The molecule has 0 rings (SSSR count). The minimum absolute atomic E-state index is 0.966. The summed E-state index contributed by atoms with van der Waals surface area (Å²) < 4.78 is 0. The van der Waals surface area contributed by atoms with E-state index in [1.54, 1.807) is 0 Å². The summed E-state index contributed by atoms with van der Waals surface area (Å²) >= 11 is 0. The lowest BCUT2D eigenvalue weighted by molar-refractivity contribution is -0.167. The maximum absolute atomic E-state index is 11.1. The molecule has 0 aliphatic rings. The van der Waals surface area contributed by atoms with Gasteiger partial charge >= 0.3 is 5.97 Å². The van der Waals surface area contributed by atoms with Gasteiger partial charge in [0.25, 0.3) is 0 Å². The number of aliphatic carboxylic acids is 1. The Hall–Kier alpha value is -1.14. The van der Waals surface area contributed by atoms with Crippen molar-refractivity contribution in [1.82, 2.24) is 0 Å². The minimum atomic E-state index is -2.61. The lowest BCUT2D eigenvalue weighted by Gasteiger charge is -2.28. The van der Waals surface area contributed by atoms with Crippen molar-refractivity contribution in [3.63, 3.8) is 0 Å². The Morgan fingerprint density at radius 1 is 0.842 bits per heavy atom. The minimum Gasteiger partial charge on any atom is -0.479 e. The molecule has 0 aromatic carbocycles. The van der Waals surface area contributed by atoms with E-state index in [0.717, 1.165) is 0 Å². The number of rotatable bonds is 8. The average molecular weight is 284 g/mol. The smallest absolute Gasteiger partial charge is 0.340 e. The predicted molar refractivity (Wildman–Crippen MR) is 55.8 cm³/mol. The standard InChI is InChI=1S/C9H16O10/c10-1-2(11)3(12)4(13)5(14)6(15)7(16)8(17)9(18)19/h2-6,8,10-15,17H,1H2,(H,18,19)/t2?,3-,4-,5+,6+,8-/m1/s1. The van der Waals surface area contributed by atoms with E-state index >= 15 is 0 Å². The van der Waals surface area contributed by atoms with Crippen molar-refractivity contribution < 1.29 is 50.4 Å². The first-order valence-electron chi connectivity index (χ1n) is 5.10. The molecular weight excluding hydrogens is 268 g/mol. The van der Waals surface area contributed by atoms with Crippen LogP contribution < -0.4 is 0 Å². The molecule has 112 valence electrons. The van der Waals surface area contributed by atoms with Crippen molar-refractivity contribution in [2.75, 3.05) is 6.61 Å². The molecule has 0 aliphatic carbocycles. The summed E-state index contributed by atoms with van der Waals surface area (Å²) in [7, 11) is 0. The van der Waals surface area contributed by atoms with Gasteiger partial charge in [-0.2, -0.15) is 0 Å². The maximum Gasteiger partial charge on any atom is 0.340 e. The second-order valence-corrected chi connectivity index (χ2v) is 3.81. The van der Waals surface area contributed by atoms with Gasteiger partial charge in [-0.3, -0.25) is 4.79 Å². The summed E-state index contributed by atoms with van der Waals surface area (Å²) in [6.07, 6.45) is -13.7. The van der Waals surface area contributed by atoms with E-state index in [9.17, 15) is 30.0 Å². The highest BCUT2D eigenvalue weighted by Crippen LogP contribution is 2.10.